The third-order valence-electron chi connectivity index (χ3n) is 2.36. The van der Waals surface area contributed by atoms with Crippen molar-refractivity contribution in [2.24, 2.45) is 0 Å². The molecule has 0 atom stereocenters. The fraction of sp³-hybridized carbons (Fsp3) is 0.0769. The summed E-state index contributed by atoms with van der Waals surface area (Å²) in [5, 5.41) is 9.63. The molecule has 17 heavy (non-hydrogen) atoms. The normalized spacial score (nSPS) is 10.2. The molecule has 0 fully saturated rings. The van der Waals surface area contributed by atoms with Gasteiger partial charge in [0, 0.05) is 0 Å². The first-order valence-corrected chi connectivity index (χ1v) is 5.91. The Kier molecular flexibility index (Phi) is 3.54. The van der Waals surface area contributed by atoms with Gasteiger partial charge in [-0.25, -0.2) is 0 Å². The number of phenols is 1. The number of nitrogen functional groups attached to an aromatic ring is 1. The van der Waals surface area contributed by atoms with Crippen LogP contribution < -0.4 is 10.5 Å². The Labute approximate surface area is 108 Å². The highest BCUT2D eigenvalue weighted by Crippen LogP contribution is 2.37. The molecule has 88 valence electrons. The van der Waals surface area contributed by atoms with Gasteiger partial charge in [0.15, 0.2) is 5.75 Å². The van der Waals surface area contributed by atoms with Gasteiger partial charge in [0.1, 0.15) is 18.0 Å². The molecular weight excluding hydrogens is 282 g/mol. The quantitative estimate of drug-likeness (QED) is 0.674. The van der Waals surface area contributed by atoms with Gasteiger partial charge in [-0.05, 0) is 33.6 Å². The molecule has 0 radical (unpaired) electrons. The number of phenolic OH excluding ortho intramolecular Hbond substituents is 1. The van der Waals surface area contributed by atoms with Gasteiger partial charge >= 0.3 is 0 Å². The Morgan fingerprint density at radius 2 is 1.82 bits per heavy atom. The van der Waals surface area contributed by atoms with E-state index in [1.165, 1.54) is 0 Å². The van der Waals surface area contributed by atoms with Gasteiger partial charge in [-0.1, -0.05) is 30.3 Å². The van der Waals surface area contributed by atoms with E-state index in [-0.39, 0.29) is 11.4 Å². The lowest BCUT2D eigenvalue weighted by Gasteiger charge is -2.10. The van der Waals surface area contributed by atoms with Crippen molar-refractivity contribution in [3.05, 3.63) is 52.5 Å². The molecule has 0 aliphatic carbocycles. The zero-order valence-corrected chi connectivity index (χ0v) is 10.6. The highest BCUT2D eigenvalue weighted by molar-refractivity contribution is 9.10. The average molecular weight is 294 g/mol. The van der Waals surface area contributed by atoms with Gasteiger partial charge in [-0.3, -0.25) is 0 Å². The molecule has 0 amide bonds. The lowest BCUT2D eigenvalue weighted by atomic mass is 10.2. The summed E-state index contributed by atoms with van der Waals surface area (Å²) in [7, 11) is 0. The van der Waals surface area contributed by atoms with E-state index in [2.05, 4.69) is 15.9 Å². The smallest absolute Gasteiger partial charge is 0.156 e. The fourth-order valence-corrected chi connectivity index (χ4v) is 1.77. The molecule has 0 spiro atoms. The minimum Gasteiger partial charge on any atom is -0.505 e. The van der Waals surface area contributed by atoms with E-state index >= 15 is 0 Å². The van der Waals surface area contributed by atoms with Crippen LogP contribution in [0, 0.1) is 0 Å². The molecule has 0 bridgehead atoms. The maximum Gasteiger partial charge on any atom is 0.156 e. The first-order chi connectivity index (χ1) is 8.18. The van der Waals surface area contributed by atoms with Crippen molar-refractivity contribution in [3.8, 4) is 11.5 Å². The summed E-state index contributed by atoms with van der Waals surface area (Å²) in [6, 6.07) is 13.2. The van der Waals surface area contributed by atoms with Gasteiger partial charge in [-0.2, -0.15) is 0 Å². The molecule has 2 rings (SSSR count). The number of hydrogen-bond acceptors (Lipinski definition) is 3. The summed E-state index contributed by atoms with van der Waals surface area (Å²) in [4.78, 5) is 0. The van der Waals surface area contributed by atoms with Gasteiger partial charge in [-0.15, -0.1) is 0 Å². The second-order valence-electron chi connectivity index (χ2n) is 3.58. The molecule has 2 aromatic carbocycles. The van der Waals surface area contributed by atoms with Crippen LogP contribution in [0.4, 0.5) is 5.69 Å². The van der Waals surface area contributed by atoms with Gasteiger partial charge in [0.2, 0.25) is 0 Å². The van der Waals surface area contributed by atoms with Crippen LogP contribution >= 0.6 is 15.9 Å². The van der Waals surface area contributed by atoms with Crippen molar-refractivity contribution < 1.29 is 9.84 Å². The van der Waals surface area contributed by atoms with Crippen LogP contribution in [0.3, 0.4) is 0 Å². The first-order valence-electron chi connectivity index (χ1n) is 5.12. The maximum atomic E-state index is 9.63. The monoisotopic (exact) mass is 293 g/mol. The number of anilines is 1. The first kappa shape index (κ1) is 11.8. The van der Waals surface area contributed by atoms with E-state index in [4.69, 9.17) is 10.5 Å². The summed E-state index contributed by atoms with van der Waals surface area (Å²) in [5.74, 6) is 0.491. The lowest BCUT2D eigenvalue weighted by molar-refractivity contribution is 0.306. The Bertz CT molecular complexity index is 514. The van der Waals surface area contributed by atoms with Crippen molar-refractivity contribution in [1.29, 1.82) is 0 Å². The van der Waals surface area contributed by atoms with Gasteiger partial charge < -0.3 is 15.6 Å². The highest BCUT2D eigenvalue weighted by Gasteiger charge is 2.08. The van der Waals surface area contributed by atoms with E-state index in [1.807, 2.05) is 30.3 Å². The third kappa shape index (κ3) is 2.71. The molecule has 0 saturated carbocycles. The summed E-state index contributed by atoms with van der Waals surface area (Å²) in [5.41, 5.74) is 7.04. The summed E-state index contributed by atoms with van der Waals surface area (Å²) in [6.45, 7) is 0.423. The minimum absolute atomic E-state index is 0.00978. The second-order valence-corrected chi connectivity index (χ2v) is 4.44. The Hall–Kier alpha value is -1.68. The van der Waals surface area contributed by atoms with Gasteiger partial charge in [0.05, 0.1) is 4.47 Å². The number of ether oxygens (including phenoxy) is 1. The molecule has 0 saturated heterocycles. The second kappa shape index (κ2) is 5.10. The Balaban J connectivity index is 2.13. The van der Waals surface area contributed by atoms with E-state index in [1.54, 1.807) is 12.1 Å². The highest BCUT2D eigenvalue weighted by atomic mass is 79.9. The minimum atomic E-state index is 0.00978. The SMILES string of the molecule is Nc1c(OCc2ccccc2)ccc(Br)c1O. The average Bonchev–Trinajstić information content (AvgIpc) is 2.36. The van der Waals surface area contributed by atoms with Crippen LogP contribution in [0.25, 0.3) is 0 Å². The van der Waals surface area contributed by atoms with Crippen LogP contribution in [0.1, 0.15) is 5.56 Å². The molecule has 0 unspecified atom stereocenters. The predicted molar refractivity (Wildman–Crippen MR) is 71.0 cm³/mol. The van der Waals surface area contributed by atoms with Crippen molar-refractivity contribution in [1.82, 2.24) is 0 Å². The standard InChI is InChI=1S/C13H12BrNO2/c14-10-6-7-11(12(15)13(10)16)17-8-9-4-2-1-3-5-9/h1-7,16H,8,15H2. The van der Waals surface area contributed by atoms with Crippen LogP contribution in [0.5, 0.6) is 11.5 Å². The van der Waals surface area contributed by atoms with E-state index < -0.39 is 0 Å². The Morgan fingerprint density at radius 3 is 2.53 bits per heavy atom. The molecule has 2 aromatic rings. The molecule has 0 aromatic heterocycles. The van der Waals surface area contributed by atoms with Crippen molar-refractivity contribution in [2.75, 3.05) is 5.73 Å². The molecule has 0 heterocycles. The maximum absolute atomic E-state index is 9.63. The van der Waals surface area contributed by atoms with Crippen LogP contribution in [0.2, 0.25) is 0 Å². The van der Waals surface area contributed by atoms with E-state index in [0.29, 0.717) is 16.8 Å². The third-order valence-corrected chi connectivity index (χ3v) is 3.00. The molecule has 4 heteroatoms. The van der Waals surface area contributed by atoms with E-state index in [0.717, 1.165) is 5.56 Å². The number of rotatable bonds is 3. The zero-order valence-electron chi connectivity index (χ0n) is 9.06. The molecule has 3 nitrogen and oxygen atoms in total. The topological polar surface area (TPSA) is 55.5 Å². The van der Waals surface area contributed by atoms with Crippen LogP contribution in [-0.4, -0.2) is 5.11 Å². The zero-order chi connectivity index (χ0) is 12.3. The summed E-state index contributed by atoms with van der Waals surface area (Å²) >= 11 is 3.19. The number of nitrogens with two attached hydrogens (primary N) is 1. The summed E-state index contributed by atoms with van der Waals surface area (Å²) in [6.07, 6.45) is 0. The number of benzene rings is 2. The predicted octanol–water partition coefficient (Wildman–Crippen LogP) is 3.32. The molecule has 3 N–H and O–H groups in total. The molecule has 0 aliphatic heterocycles. The number of hydrogen-bond donors (Lipinski definition) is 2. The van der Waals surface area contributed by atoms with E-state index in [9.17, 15) is 5.11 Å². The Morgan fingerprint density at radius 1 is 1.12 bits per heavy atom. The van der Waals surface area contributed by atoms with Crippen molar-refractivity contribution >= 4 is 21.6 Å². The molecular formula is C13H12BrNO2. The number of halogens is 1. The van der Waals surface area contributed by atoms with Crippen molar-refractivity contribution in [2.45, 2.75) is 6.61 Å². The van der Waals surface area contributed by atoms with Crippen molar-refractivity contribution in [3.63, 3.8) is 0 Å². The van der Waals surface area contributed by atoms with Crippen LogP contribution in [0.15, 0.2) is 46.9 Å². The lowest BCUT2D eigenvalue weighted by Crippen LogP contribution is -1.99. The molecule has 0 aliphatic rings. The fourth-order valence-electron chi connectivity index (χ4n) is 1.42. The van der Waals surface area contributed by atoms with Crippen LogP contribution in [-0.2, 0) is 6.61 Å². The van der Waals surface area contributed by atoms with Gasteiger partial charge in [0.25, 0.3) is 0 Å². The number of aromatic hydroxyl groups is 1. The largest absolute Gasteiger partial charge is 0.505 e. The summed E-state index contributed by atoms with van der Waals surface area (Å²) < 4.78 is 6.11.